The highest BCUT2D eigenvalue weighted by atomic mass is 16.5. The highest BCUT2D eigenvalue weighted by Crippen LogP contribution is 2.30. The fourth-order valence-corrected chi connectivity index (χ4v) is 2.00. The second-order valence-electron chi connectivity index (χ2n) is 5.39. The summed E-state index contributed by atoms with van der Waals surface area (Å²) in [5.41, 5.74) is 6.43. The highest BCUT2D eigenvalue weighted by Gasteiger charge is 2.28. The molecule has 0 heterocycles. The Balaban J connectivity index is 2.88. The lowest BCUT2D eigenvalue weighted by molar-refractivity contribution is -0.137. The zero-order valence-corrected chi connectivity index (χ0v) is 11.8. The Bertz CT molecular complexity index is 406. The van der Waals surface area contributed by atoms with Crippen molar-refractivity contribution in [2.45, 2.75) is 45.1 Å². The summed E-state index contributed by atoms with van der Waals surface area (Å²) in [5, 5.41) is 9.00. The predicted molar refractivity (Wildman–Crippen MR) is 75.5 cm³/mol. The van der Waals surface area contributed by atoms with Gasteiger partial charge in [-0.05, 0) is 38.0 Å². The molecule has 1 aromatic rings. The van der Waals surface area contributed by atoms with Crippen molar-refractivity contribution in [2.75, 3.05) is 6.61 Å². The van der Waals surface area contributed by atoms with Crippen LogP contribution in [0.2, 0.25) is 0 Å². The van der Waals surface area contributed by atoms with Crippen LogP contribution >= 0.6 is 0 Å². The molecule has 1 rings (SSSR count). The van der Waals surface area contributed by atoms with Crippen molar-refractivity contribution < 1.29 is 14.6 Å². The minimum absolute atomic E-state index is 0.0265. The Hall–Kier alpha value is -1.55. The first kappa shape index (κ1) is 15.5. The number of rotatable bonds is 7. The van der Waals surface area contributed by atoms with Gasteiger partial charge in [-0.15, -0.1) is 0 Å². The number of carboxylic acid groups (broad SMARTS) is 1. The van der Waals surface area contributed by atoms with Crippen LogP contribution in [0.4, 0.5) is 0 Å². The topological polar surface area (TPSA) is 72.5 Å². The van der Waals surface area contributed by atoms with E-state index in [0.29, 0.717) is 6.61 Å². The maximum atomic E-state index is 11.0. The number of hydrogen-bond donors (Lipinski definition) is 2. The molecule has 4 nitrogen and oxygen atoms in total. The number of nitrogens with two attached hydrogens (primary N) is 1. The van der Waals surface area contributed by atoms with Crippen molar-refractivity contribution in [1.29, 1.82) is 0 Å². The molecule has 0 aromatic heterocycles. The summed E-state index contributed by atoms with van der Waals surface area (Å²) in [6.07, 6.45) is 0.984. The van der Waals surface area contributed by atoms with Crippen LogP contribution in [0.3, 0.4) is 0 Å². The normalized spacial score (nSPS) is 13.1. The summed E-state index contributed by atoms with van der Waals surface area (Å²) in [6.45, 7) is 6.43. The largest absolute Gasteiger partial charge is 0.494 e. The van der Waals surface area contributed by atoms with E-state index in [1.165, 1.54) is 0 Å². The van der Waals surface area contributed by atoms with Crippen molar-refractivity contribution in [3.8, 4) is 5.75 Å². The molecule has 4 heteroatoms. The Kier molecular flexibility index (Phi) is 5.36. The van der Waals surface area contributed by atoms with Crippen LogP contribution in [0, 0.1) is 0 Å². The summed E-state index contributed by atoms with van der Waals surface area (Å²) < 4.78 is 5.51. The summed E-state index contributed by atoms with van der Waals surface area (Å²) in [5.74, 6) is -0.255. The molecule has 0 saturated heterocycles. The number of carboxylic acids is 1. The molecule has 1 atom stereocenters. The van der Waals surface area contributed by atoms with Gasteiger partial charge in [0.1, 0.15) is 5.75 Å². The van der Waals surface area contributed by atoms with Crippen molar-refractivity contribution in [1.82, 2.24) is 0 Å². The Morgan fingerprint density at radius 3 is 2.37 bits per heavy atom. The van der Waals surface area contributed by atoms with Crippen molar-refractivity contribution >= 4 is 5.97 Å². The van der Waals surface area contributed by atoms with Crippen molar-refractivity contribution in [2.24, 2.45) is 5.73 Å². The molecule has 3 N–H and O–H groups in total. The average Bonchev–Trinajstić information content (AvgIpc) is 2.33. The Morgan fingerprint density at radius 1 is 1.37 bits per heavy atom. The van der Waals surface area contributed by atoms with Crippen LogP contribution in [0.15, 0.2) is 24.3 Å². The minimum atomic E-state index is -0.838. The molecular weight excluding hydrogens is 242 g/mol. The lowest BCUT2D eigenvalue weighted by Crippen LogP contribution is -2.40. The van der Waals surface area contributed by atoms with Gasteiger partial charge < -0.3 is 15.6 Å². The first-order valence-corrected chi connectivity index (χ1v) is 6.58. The third-order valence-electron chi connectivity index (χ3n) is 3.03. The lowest BCUT2D eigenvalue weighted by Gasteiger charge is -2.30. The van der Waals surface area contributed by atoms with E-state index in [1.807, 2.05) is 45.0 Å². The second-order valence-corrected chi connectivity index (χ2v) is 5.39. The van der Waals surface area contributed by atoms with Crippen molar-refractivity contribution in [3.05, 3.63) is 29.8 Å². The van der Waals surface area contributed by atoms with E-state index in [9.17, 15) is 4.79 Å². The third kappa shape index (κ3) is 4.91. The molecule has 0 aliphatic heterocycles. The molecule has 0 amide bonds. The SMILES string of the molecule is CCCOc1ccc(C(CC(=O)O)C(C)(C)N)cc1. The number of carbonyl (C=O) groups is 1. The summed E-state index contributed by atoms with van der Waals surface area (Å²) >= 11 is 0. The maximum Gasteiger partial charge on any atom is 0.304 e. The number of hydrogen-bond acceptors (Lipinski definition) is 3. The molecule has 0 saturated carbocycles. The van der Waals surface area contributed by atoms with E-state index in [0.717, 1.165) is 17.7 Å². The summed E-state index contributed by atoms with van der Waals surface area (Å²) in [4.78, 5) is 11.0. The molecule has 0 aliphatic rings. The van der Waals surface area contributed by atoms with Gasteiger partial charge >= 0.3 is 5.97 Å². The quantitative estimate of drug-likeness (QED) is 0.795. The van der Waals surface area contributed by atoms with Gasteiger partial charge in [-0.2, -0.15) is 0 Å². The molecule has 0 fully saturated rings. The molecule has 0 radical (unpaired) electrons. The van der Waals surface area contributed by atoms with Crippen LogP contribution in [0.25, 0.3) is 0 Å². The zero-order valence-electron chi connectivity index (χ0n) is 11.8. The monoisotopic (exact) mass is 265 g/mol. The van der Waals surface area contributed by atoms with E-state index >= 15 is 0 Å². The smallest absolute Gasteiger partial charge is 0.304 e. The third-order valence-corrected chi connectivity index (χ3v) is 3.03. The molecule has 0 spiro atoms. The molecule has 0 aliphatic carbocycles. The molecular formula is C15H23NO3. The van der Waals surface area contributed by atoms with Crippen LogP contribution < -0.4 is 10.5 Å². The second kappa shape index (κ2) is 6.57. The average molecular weight is 265 g/mol. The summed E-state index contributed by atoms with van der Waals surface area (Å²) in [7, 11) is 0. The fourth-order valence-electron chi connectivity index (χ4n) is 2.00. The number of aliphatic carboxylic acids is 1. The molecule has 0 bridgehead atoms. The summed E-state index contributed by atoms with van der Waals surface area (Å²) in [6, 6.07) is 7.53. The predicted octanol–water partition coefficient (Wildman–Crippen LogP) is 2.77. The van der Waals surface area contributed by atoms with Gasteiger partial charge in [0.15, 0.2) is 0 Å². The van der Waals surface area contributed by atoms with E-state index in [2.05, 4.69) is 0 Å². The minimum Gasteiger partial charge on any atom is -0.494 e. The van der Waals surface area contributed by atoms with Crippen LogP contribution in [-0.4, -0.2) is 23.2 Å². The zero-order chi connectivity index (χ0) is 14.5. The van der Waals surface area contributed by atoms with Gasteiger partial charge in [-0.3, -0.25) is 4.79 Å². The van der Waals surface area contributed by atoms with Gasteiger partial charge in [0.2, 0.25) is 0 Å². The van der Waals surface area contributed by atoms with Crippen molar-refractivity contribution in [3.63, 3.8) is 0 Å². The van der Waals surface area contributed by atoms with Gasteiger partial charge in [0, 0.05) is 11.5 Å². The van der Waals surface area contributed by atoms with Crippen LogP contribution in [0.1, 0.15) is 45.1 Å². The van der Waals surface area contributed by atoms with Gasteiger partial charge in [-0.25, -0.2) is 0 Å². The first-order chi connectivity index (χ1) is 8.84. The maximum absolute atomic E-state index is 11.0. The van der Waals surface area contributed by atoms with Gasteiger partial charge in [0.25, 0.3) is 0 Å². The van der Waals surface area contributed by atoms with Crippen LogP contribution in [-0.2, 0) is 4.79 Å². The molecule has 19 heavy (non-hydrogen) atoms. The molecule has 106 valence electrons. The standard InChI is InChI=1S/C15H23NO3/c1-4-9-19-12-7-5-11(6-8-12)13(10-14(17)18)15(2,3)16/h5-8,13H,4,9-10,16H2,1-3H3,(H,17,18). The highest BCUT2D eigenvalue weighted by molar-refractivity contribution is 5.68. The fraction of sp³-hybridized carbons (Fsp3) is 0.533. The lowest BCUT2D eigenvalue weighted by atomic mass is 9.80. The molecule has 1 unspecified atom stereocenters. The van der Waals surface area contributed by atoms with Gasteiger partial charge in [0.05, 0.1) is 13.0 Å². The number of ether oxygens (including phenoxy) is 1. The Labute approximate surface area is 114 Å². The van der Waals surface area contributed by atoms with E-state index in [1.54, 1.807) is 0 Å². The first-order valence-electron chi connectivity index (χ1n) is 6.58. The molecule has 1 aromatic carbocycles. The van der Waals surface area contributed by atoms with E-state index in [-0.39, 0.29) is 12.3 Å². The van der Waals surface area contributed by atoms with Crippen LogP contribution in [0.5, 0.6) is 5.75 Å². The Morgan fingerprint density at radius 2 is 1.95 bits per heavy atom. The van der Waals surface area contributed by atoms with E-state index in [4.69, 9.17) is 15.6 Å². The van der Waals surface area contributed by atoms with Gasteiger partial charge in [-0.1, -0.05) is 19.1 Å². The van der Waals surface area contributed by atoms with E-state index < -0.39 is 11.5 Å². The number of benzene rings is 1.